The van der Waals surface area contributed by atoms with Gasteiger partial charge in [0, 0.05) is 9.50 Å². The monoisotopic (exact) mass is 386 g/mol. The van der Waals surface area contributed by atoms with E-state index in [9.17, 15) is 4.39 Å². The summed E-state index contributed by atoms with van der Waals surface area (Å²) < 4.78 is 16.8. The van der Waals surface area contributed by atoms with Crippen LogP contribution in [-0.2, 0) is 0 Å². The van der Waals surface area contributed by atoms with E-state index in [1.54, 1.807) is 17.6 Å². The van der Waals surface area contributed by atoms with Crippen molar-refractivity contribution in [3.8, 4) is 5.69 Å². The highest BCUT2D eigenvalue weighted by Gasteiger charge is 2.19. The Morgan fingerprint density at radius 2 is 2.00 bits per heavy atom. The average Bonchev–Trinajstić information content (AvgIpc) is 2.80. The van der Waals surface area contributed by atoms with Gasteiger partial charge in [-0.05, 0) is 43.3 Å². The number of hydrogen-bond donors (Lipinski definition) is 0. The van der Waals surface area contributed by atoms with E-state index in [-0.39, 0.29) is 11.2 Å². The molecule has 0 amide bonds. The highest BCUT2D eigenvalue weighted by atomic mass is 79.9. The smallest absolute Gasteiger partial charge is 0.147 e. The lowest BCUT2D eigenvalue weighted by atomic mass is 10.2. The quantitative estimate of drug-likeness (QED) is 0.502. The lowest BCUT2D eigenvalue weighted by Crippen LogP contribution is -2.04. The second kappa shape index (κ2) is 5.59. The fraction of sp³-hybridized carbons (Fsp3) is 0.133. The van der Waals surface area contributed by atoms with E-state index in [2.05, 4.69) is 20.9 Å². The molecule has 0 aliphatic heterocycles. The summed E-state index contributed by atoms with van der Waals surface area (Å²) in [5.74, 6) is 0.197. The Labute approximate surface area is 139 Å². The first-order valence-corrected chi connectivity index (χ1v) is 7.85. The van der Waals surface area contributed by atoms with Crippen LogP contribution in [0.4, 0.5) is 4.39 Å². The number of aromatic nitrogens is 2. The molecule has 21 heavy (non-hydrogen) atoms. The van der Waals surface area contributed by atoms with Crippen molar-refractivity contribution in [2.75, 3.05) is 0 Å². The Morgan fingerprint density at radius 3 is 2.71 bits per heavy atom. The summed E-state index contributed by atoms with van der Waals surface area (Å²) in [6, 6.07) is 10.0. The lowest BCUT2D eigenvalue weighted by molar-refractivity contribution is 0.616. The van der Waals surface area contributed by atoms with Crippen molar-refractivity contribution >= 4 is 50.2 Å². The fourth-order valence-corrected chi connectivity index (χ4v) is 2.91. The van der Waals surface area contributed by atoms with Crippen LogP contribution in [0.1, 0.15) is 18.1 Å². The molecule has 0 fully saturated rings. The third-order valence-corrected chi connectivity index (χ3v) is 4.07. The topological polar surface area (TPSA) is 17.8 Å². The van der Waals surface area contributed by atoms with Gasteiger partial charge in [0.1, 0.15) is 11.6 Å². The van der Waals surface area contributed by atoms with E-state index in [1.807, 2.05) is 18.2 Å². The summed E-state index contributed by atoms with van der Waals surface area (Å²) in [6.45, 7) is 1.80. The van der Waals surface area contributed by atoms with Crippen LogP contribution in [0.3, 0.4) is 0 Å². The van der Waals surface area contributed by atoms with Crippen molar-refractivity contribution in [2.24, 2.45) is 0 Å². The molecule has 0 radical (unpaired) electrons. The predicted octanol–water partition coefficient (Wildman–Crippen LogP) is 5.88. The molecule has 0 bridgehead atoms. The molecule has 0 saturated heterocycles. The van der Waals surface area contributed by atoms with Crippen LogP contribution in [0.5, 0.6) is 0 Å². The van der Waals surface area contributed by atoms with Gasteiger partial charge in [0.25, 0.3) is 0 Å². The largest absolute Gasteiger partial charge is 0.292 e. The summed E-state index contributed by atoms with van der Waals surface area (Å²) in [6.07, 6.45) is 0. The van der Waals surface area contributed by atoms with Crippen molar-refractivity contribution in [3.63, 3.8) is 0 Å². The Kier molecular flexibility index (Phi) is 3.95. The summed E-state index contributed by atoms with van der Waals surface area (Å²) in [5.41, 5.74) is 1.86. The number of benzene rings is 2. The maximum absolute atomic E-state index is 14.2. The van der Waals surface area contributed by atoms with Gasteiger partial charge < -0.3 is 0 Å². The van der Waals surface area contributed by atoms with Crippen LogP contribution < -0.4 is 0 Å². The normalized spacial score (nSPS) is 12.8. The molecule has 0 saturated carbocycles. The van der Waals surface area contributed by atoms with E-state index in [0.717, 1.165) is 15.5 Å². The second-order valence-corrected chi connectivity index (χ2v) is 6.66. The van der Waals surface area contributed by atoms with Gasteiger partial charge in [-0.2, -0.15) is 0 Å². The van der Waals surface area contributed by atoms with Crippen molar-refractivity contribution in [1.29, 1.82) is 0 Å². The van der Waals surface area contributed by atoms with Gasteiger partial charge in [0.05, 0.1) is 22.1 Å². The molecule has 1 heterocycles. The van der Waals surface area contributed by atoms with Crippen LogP contribution in [-0.4, -0.2) is 9.55 Å². The zero-order valence-corrected chi connectivity index (χ0v) is 14.0. The van der Waals surface area contributed by atoms with Crippen LogP contribution in [0.2, 0.25) is 5.02 Å². The fourth-order valence-electron chi connectivity index (χ4n) is 2.24. The molecule has 1 atom stereocenters. The van der Waals surface area contributed by atoms with Crippen LogP contribution in [0.25, 0.3) is 16.7 Å². The predicted molar refractivity (Wildman–Crippen MR) is 88.0 cm³/mol. The highest BCUT2D eigenvalue weighted by Crippen LogP contribution is 2.31. The van der Waals surface area contributed by atoms with Crippen molar-refractivity contribution in [2.45, 2.75) is 12.3 Å². The summed E-state index contributed by atoms with van der Waals surface area (Å²) in [5, 5.41) is 0.0889. The Morgan fingerprint density at radius 1 is 1.24 bits per heavy atom. The zero-order valence-electron chi connectivity index (χ0n) is 10.9. The van der Waals surface area contributed by atoms with Crippen molar-refractivity contribution in [3.05, 3.63) is 57.5 Å². The van der Waals surface area contributed by atoms with Crippen LogP contribution in [0.15, 0.2) is 40.9 Å². The maximum Gasteiger partial charge on any atom is 0.147 e. The number of halogens is 4. The van der Waals surface area contributed by atoms with Gasteiger partial charge >= 0.3 is 0 Å². The van der Waals surface area contributed by atoms with E-state index in [1.165, 1.54) is 12.1 Å². The minimum atomic E-state index is -0.378. The summed E-state index contributed by atoms with van der Waals surface area (Å²) in [7, 11) is 0. The molecule has 108 valence electrons. The standard InChI is InChI=1S/C15H10BrCl2FN2/c1-8(17)15-20-12-5-2-9(16)6-14(12)21(15)13-7-10(18)3-4-11(13)19/h2-8H,1H3. The molecule has 2 aromatic carbocycles. The molecule has 3 rings (SSSR count). The number of imidazole rings is 1. The van der Waals surface area contributed by atoms with Crippen LogP contribution in [0, 0.1) is 5.82 Å². The molecular weight excluding hydrogens is 378 g/mol. The second-order valence-electron chi connectivity index (χ2n) is 4.65. The molecule has 3 aromatic rings. The third-order valence-electron chi connectivity index (χ3n) is 3.15. The summed E-state index contributed by atoms with van der Waals surface area (Å²) in [4.78, 5) is 4.50. The number of rotatable bonds is 2. The first-order chi connectivity index (χ1) is 9.97. The number of alkyl halides is 1. The van der Waals surface area contributed by atoms with Gasteiger partial charge in [-0.15, -0.1) is 11.6 Å². The number of hydrogen-bond acceptors (Lipinski definition) is 1. The van der Waals surface area contributed by atoms with Gasteiger partial charge in [0.2, 0.25) is 0 Å². The molecular formula is C15H10BrCl2FN2. The van der Waals surface area contributed by atoms with Crippen LogP contribution >= 0.6 is 39.1 Å². The minimum Gasteiger partial charge on any atom is -0.292 e. The first-order valence-electron chi connectivity index (χ1n) is 6.25. The van der Waals surface area contributed by atoms with E-state index < -0.39 is 0 Å². The van der Waals surface area contributed by atoms with Gasteiger partial charge in [-0.3, -0.25) is 4.57 Å². The van der Waals surface area contributed by atoms with Crippen molar-refractivity contribution < 1.29 is 4.39 Å². The van der Waals surface area contributed by atoms with Gasteiger partial charge in [0.15, 0.2) is 0 Å². The molecule has 2 nitrogen and oxygen atoms in total. The average molecular weight is 388 g/mol. The zero-order chi connectivity index (χ0) is 15.1. The molecule has 6 heteroatoms. The Balaban J connectivity index is 2.41. The van der Waals surface area contributed by atoms with Crippen molar-refractivity contribution in [1.82, 2.24) is 9.55 Å². The number of nitrogens with zero attached hydrogens (tertiary/aromatic N) is 2. The highest BCUT2D eigenvalue weighted by molar-refractivity contribution is 9.10. The van der Waals surface area contributed by atoms with Gasteiger partial charge in [-0.25, -0.2) is 9.37 Å². The minimum absolute atomic E-state index is 0.339. The van der Waals surface area contributed by atoms with E-state index in [0.29, 0.717) is 16.5 Å². The molecule has 0 aliphatic carbocycles. The van der Waals surface area contributed by atoms with E-state index in [4.69, 9.17) is 23.2 Å². The lowest BCUT2D eigenvalue weighted by Gasteiger charge is -2.12. The molecule has 1 aromatic heterocycles. The number of fused-ring (bicyclic) bond motifs is 1. The van der Waals surface area contributed by atoms with E-state index >= 15 is 0 Å². The molecule has 0 aliphatic rings. The molecule has 0 N–H and O–H groups in total. The maximum atomic E-state index is 14.2. The summed E-state index contributed by atoms with van der Waals surface area (Å²) >= 11 is 15.6. The molecule has 0 spiro atoms. The molecule has 1 unspecified atom stereocenters. The third kappa shape index (κ3) is 2.68. The Hall–Kier alpha value is -1.10. The SMILES string of the molecule is CC(Cl)c1nc2ccc(Br)cc2n1-c1cc(Cl)ccc1F. The van der Waals surface area contributed by atoms with Gasteiger partial charge in [-0.1, -0.05) is 27.5 Å². The first kappa shape index (κ1) is 14.8. The Bertz CT molecular complexity index is 830.